The molecule has 3 rings (SSSR count). The first-order valence-corrected chi connectivity index (χ1v) is 9.82. The van der Waals surface area contributed by atoms with Crippen molar-refractivity contribution in [3.8, 4) is 11.5 Å². The first-order valence-electron chi connectivity index (χ1n) is 8.94. The molecule has 0 aliphatic rings. The largest absolute Gasteiger partial charge is 0.490 e. The maximum Gasteiger partial charge on any atom is 0.337 e. The van der Waals surface area contributed by atoms with Crippen LogP contribution in [0.1, 0.15) is 21.6 Å². The van der Waals surface area contributed by atoms with Crippen LogP contribution in [0, 0.1) is 13.8 Å². The van der Waals surface area contributed by atoms with E-state index in [2.05, 4.69) is 6.07 Å². The SMILES string of the molecule is Cc1cc(C)cc(OCCOc2cccc(/C=C(\C(=O)O)c3cccs3)c2)c1. The van der Waals surface area contributed by atoms with E-state index in [9.17, 15) is 9.90 Å². The molecule has 0 bridgehead atoms. The van der Waals surface area contributed by atoms with Crippen molar-refractivity contribution in [2.75, 3.05) is 13.2 Å². The van der Waals surface area contributed by atoms with Gasteiger partial charge in [0.2, 0.25) is 0 Å². The molecule has 0 fully saturated rings. The van der Waals surface area contributed by atoms with Gasteiger partial charge in [-0.05, 0) is 72.3 Å². The summed E-state index contributed by atoms with van der Waals surface area (Å²) in [7, 11) is 0. The van der Waals surface area contributed by atoms with Crippen molar-refractivity contribution < 1.29 is 19.4 Å². The van der Waals surface area contributed by atoms with Crippen LogP contribution < -0.4 is 9.47 Å². The standard InChI is InChI=1S/C23H22O4S/c1-16-11-17(2)13-20(12-16)27-9-8-26-19-6-3-5-18(14-19)15-21(23(24)25)22-7-4-10-28-22/h3-7,10-15H,8-9H2,1-2H3,(H,24,25)/b21-15-. The molecule has 0 atom stereocenters. The number of ether oxygens (including phenoxy) is 2. The van der Waals surface area contributed by atoms with Crippen LogP contribution in [-0.4, -0.2) is 24.3 Å². The van der Waals surface area contributed by atoms with Crippen LogP contribution in [0.15, 0.2) is 60.0 Å². The van der Waals surface area contributed by atoms with E-state index >= 15 is 0 Å². The number of hydrogen-bond acceptors (Lipinski definition) is 4. The van der Waals surface area contributed by atoms with Crippen LogP contribution in [0.2, 0.25) is 0 Å². The molecule has 1 heterocycles. The molecule has 1 aromatic heterocycles. The van der Waals surface area contributed by atoms with E-state index in [1.807, 2.05) is 61.7 Å². The molecule has 144 valence electrons. The Labute approximate surface area is 168 Å². The highest BCUT2D eigenvalue weighted by Crippen LogP contribution is 2.24. The van der Waals surface area contributed by atoms with E-state index in [4.69, 9.17) is 9.47 Å². The fourth-order valence-corrected chi connectivity index (χ4v) is 3.60. The number of aryl methyl sites for hydroxylation is 2. The monoisotopic (exact) mass is 394 g/mol. The van der Waals surface area contributed by atoms with Crippen molar-refractivity contribution in [1.82, 2.24) is 0 Å². The first-order chi connectivity index (χ1) is 13.5. The van der Waals surface area contributed by atoms with Crippen LogP contribution in [0.25, 0.3) is 11.6 Å². The van der Waals surface area contributed by atoms with E-state index in [1.165, 1.54) is 11.3 Å². The second kappa shape index (κ2) is 9.24. The highest BCUT2D eigenvalue weighted by molar-refractivity contribution is 7.11. The molecule has 1 N–H and O–H groups in total. The summed E-state index contributed by atoms with van der Waals surface area (Å²) in [5, 5.41) is 11.3. The number of benzene rings is 2. The predicted octanol–water partition coefficient (Wildman–Crippen LogP) is 5.45. The van der Waals surface area contributed by atoms with Gasteiger partial charge in [0.25, 0.3) is 0 Å². The summed E-state index contributed by atoms with van der Waals surface area (Å²) in [6.45, 7) is 4.91. The zero-order valence-electron chi connectivity index (χ0n) is 15.8. The number of hydrogen-bond donors (Lipinski definition) is 1. The summed E-state index contributed by atoms with van der Waals surface area (Å²) in [6, 6.07) is 17.1. The van der Waals surface area contributed by atoms with Crippen molar-refractivity contribution in [3.05, 3.63) is 81.5 Å². The second-order valence-electron chi connectivity index (χ2n) is 6.43. The minimum Gasteiger partial charge on any atom is -0.490 e. The van der Waals surface area contributed by atoms with Crippen molar-refractivity contribution in [2.24, 2.45) is 0 Å². The maximum atomic E-state index is 11.6. The lowest BCUT2D eigenvalue weighted by Crippen LogP contribution is -2.09. The summed E-state index contributed by atoms with van der Waals surface area (Å²) >= 11 is 1.40. The number of thiophene rings is 1. The Balaban J connectivity index is 1.61. The summed E-state index contributed by atoms with van der Waals surface area (Å²) in [5.41, 5.74) is 3.37. The van der Waals surface area contributed by atoms with Gasteiger partial charge in [-0.2, -0.15) is 0 Å². The predicted molar refractivity (Wildman–Crippen MR) is 113 cm³/mol. The van der Waals surface area contributed by atoms with Crippen LogP contribution in [0.4, 0.5) is 0 Å². The Morgan fingerprint density at radius 3 is 2.32 bits per heavy atom. The van der Waals surface area contributed by atoms with E-state index in [-0.39, 0.29) is 5.57 Å². The molecule has 0 aliphatic carbocycles. The average Bonchev–Trinajstić information content (AvgIpc) is 3.17. The number of aliphatic carboxylic acids is 1. The molecule has 28 heavy (non-hydrogen) atoms. The lowest BCUT2D eigenvalue weighted by Gasteiger charge is -2.10. The molecule has 5 heteroatoms. The fourth-order valence-electron chi connectivity index (χ4n) is 2.87. The minimum absolute atomic E-state index is 0.269. The Morgan fingerprint density at radius 1 is 0.964 bits per heavy atom. The van der Waals surface area contributed by atoms with Crippen molar-refractivity contribution >= 4 is 29.0 Å². The smallest absolute Gasteiger partial charge is 0.337 e. The van der Waals surface area contributed by atoms with Gasteiger partial charge in [0.15, 0.2) is 0 Å². The van der Waals surface area contributed by atoms with Gasteiger partial charge in [0.1, 0.15) is 24.7 Å². The van der Waals surface area contributed by atoms with E-state index in [0.29, 0.717) is 19.0 Å². The quantitative estimate of drug-likeness (QED) is 0.408. The Morgan fingerprint density at radius 2 is 1.68 bits per heavy atom. The lowest BCUT2D eigenvalue weighted by atomic mass is 10.1. The van der Waals surface area contributed by atoms with Crippen LogP contribution in [-0.2, 0) is 4.79 Å². The van der Waals surface area contributed by atoms with Crippen LogP contribution in [0.3, 0.4) is 0 Å². The molecular weight excluding hydrogens is 372 g/mol. The maximum absolute atomic E-state index is 11.6. The Kier molecular flexibility index (Phi) is 6.50. The van der Waals surface area contributed by atoms with Crippen LogP contribution >= 0.6 is 11.3 Å². The number of carboxylic acids is 1. The van der Waals surface area contributed by atoms with Gasteiger partial charge in [-0.1, -0.05) is 24.3 Å². The van der Waals surface area contributed by atoms with Gasteiger partial charge >= 0.3 is 5.97 Å². The highest BCUT2D eigenvalue weighted by atomic mass is 32.1. The average molecular weight is 394 g/mol. The summed E-state index contributed by atoms with van der Waals surface area (Å²) in [5.74, 6) is 0.559. The molecule has 0 unspecified atom stereocenters. The van der Waals surface area contributed by atoms with E-state index in [1.54, 1.807) is 12.1 Å². The fraction of sp³-hybridized carbons (Fsp3) is 0.174. The molecule has 0 aliphatic heterocycles. The Hall–Kier alpha value is -3.05. The molecule has 4 nitrogen and oxygen atoms in total. The third kappa shape index (κ3) is 5.47. The summed E-state index contributed by atoms with van der Waals surface area (Å²) < 4.78 is 11.5. The number of rotatable bonds is 8. The molecule has 2 aromatic carbocycles. The summed E-state index contributed by atoms with van der Waals surface area (Å²) in [4.78, 5) is 12.3. The topological polar surface area (TPSA) is 55.8 Å². The van der Waals surface area contributed by atoms with Gasteiger partial charge in [0.05, 0.1) is 5.57 Å². The summed E-state index contributed by atoms with van der Waals surface area (Å²) in [6.07, 6.45) is 1.66. The molecule has 0 spiro atoms. The first kappa shape index (κ1) is 19.7. The normalized spacial score (nSPS) is 11.3. The van der Waals surface area contributed by atoms with Gasteiger partial charge < -0.3 is 14.6 Å². The lowest BCUT2D eigenvalue weighted by molar-refractivity contribution is -0.130. The van der Waals surface area contributed by atoms with Crippen molar-refractivity contribution in [1.29, 1.82) is 0 Å². The van der Waals surface area contributed by atoms with Gasteiger partial charge in [0, 0.05) is 4.88 Å². The molecule has 0 saturated carbocycles. The van der Waals surface area contributed by atoms with E-state index < -0.39 is 5.97 Å². The second-order valence-corrected chi connectivity index (χ2v) is 7.38. The third-order valence-electron chi connectivity index (χ3n) is 4.00. The molecule has 0 saturated heterocycles. The third-order valence-corrected chi connectivity index (χ3v) is 4.91. The van der Waals surface area contributed by atoms with E-state index in [0.717, 1.165) is 27.3 Å². The number of carbonyl (C=O) groups is 1. The van der Waals surface area contributed by atoms with Gasteiger partial charge in [-0.25, -0.2) is 4.79 Å². The zero-order valence-corrected chi connectivity index (χ0v) is 16.7. The molecule has 3 aromatic rings. The van der Waals surface area contributed by atoms with Gasteiger partial charge in [-0.3, -0.25) is 0 Å². The van der Waals surface area contributed by atoms with Crippen molar-refractivity contribution in [3.63, 3.8) is 0 Å². The van der Waals surface area contributed by atoms with Gasteiger partial charge in [-0.15, -0.1) is 11.3 Å². The minimum atomic E-state index is -0.949. The molecule has 0 amide bonds. The Bertz CT molecular complexity index is 954. The number of carboxylic acid groups (broad SMARTS) is 1. The molecule has 0 radical (unpaired) electrons. The highest BCUT2D eigenvalue weighted by Gasteiger charge is 2.11. The zero-order chi connectivity index (χ0) is 19.9. The molecular formula is C23H22O4S. The van der Waals surface area contributed by atoms with Crippen LogP contribution in [0.5, 0.6) is 11.5 Å². The van der Waals surface area contributed by atoms with Crippen molar-refractivity contribution in [2.45, 2.75) is 13.8 Å².